The van der Waals surface area contributed by atoms with Crippen LogP contribution in [0.2, 0.25) is 0 Å². The summed E-state index contributed by atoms with van der Waals surface area (Å²) in [6.45, 7) is 0. The Labute approximate surface area is 108 Å². The van der Waals surface area contributed by atoms with Crippen LogP contribution in [0, 0.1) is 5.41 Å². The average molecular weight is 244 g/mol. The number of carboxylic acid groups (broad SMARTS) is 1. The molecule has 1 saturated carbocycles. The lowest BCUT2D eigenvalue weighted by atomic mass is 9.65. The molecule has 2 aliphatic carbocycles. The van der Waals surface area contributed by atoms with Crippen molar-refractivity contribution in [1.29, 1.82) is 0 Å². The van der Waals surface area contributed by atoms with Gasteiger partial charge in [-0.15, -0.1) is 0 Å². The molecule has 0 spiro atoms. The van der Waals surface area contributed by atoms with E-state index in [1.54, 1.807) is 0 Å². The van der Waals surface area contributed by atoms with Crippen LogP contribution in [0.5, 0.6) is 0 Å². The van der Waals surface area contributed by atoms with Crippen LogP contribution >= 0.6 is 0 Å². The molecule has 0 bridgehead atoms. The zero-order chi connectivity index (χ0) is 12.6. The first kappa shape index (κ1) is 11.8. The van der Waals surface area contributed by atoms with E-state index in [2.05, 4.69) is 24.3 Å². The predicted molar refractivity (Wildman–Crippen MR) is 70.7 cm³/mol. The van der Waals surface area contributed by atoms with Gasteiger partial charge in [0.05, 0.1) is 5.41 Å². The molecule has 1 N–H and O–H groups in total. The van der Waals surface area contributed by atoms with Crippen LogP contribution in [-0.2, 0) is 11.2 Å². The maximum absolute atomic E-state index is 11.8. The van der Waals surface area contributed by atoms with Gasteiger partial charge in [0, 0.05) is 5.92 Å². The molecule has 0 amide bonds. The van der Waals surface area contributed by atoms with Crippen molar-refractivity contribution < 1.29 is 9.90 Å². The van der Waals surface area contributed by atoms with Crippen LogP contribution in [0.3, 0.4) is 0 Å². The van der Waals surface area contributed by atoms with E-state index >= 15 is 0 Å². The number of hydrogen-bond acceptors (Lipinski definition) is 1. The van der Waals surface area contributed by atoms with Crippen molar-refractivity contribution in [3.63, 3.8) is 0 Å². The van der Waals surface area contributed by atoms with Gasteiger partial charge in [-0.25, -0.2) is 0 Å². The minimum atomic E-state index is -0.568. The lowest BCUT2D eigenvalue weighted by Crippen LogP contribution is -2.36. The standard InChI is InChI=1S/C16H20O2/c17-15(18)16(10-3-4-11-16)14-9-5-7-12-6-1-2-8-13(12)14/h1-2,6,8,14H,3-5,7,9-11H2,(H,17,18). The van der Waals surface area contributed by atoms with Gasteiger partial charge in [-0.2, -0.15) is 0 Å². The molecule has 0 aromatic heterocycles. The van der Waals surface area contributed by atoms with Crippen molar-refractivity contribution in [3.8, 4) is 0 Å². The number of hydrogen-bond donors (Lipinski definition) is 1. The second-order valence-electron chi connectivity index (χ2n) is 5.81. The Morgan fingerprint density at radius 3 is 2.61 bits per heavy atom. The number of benzene rings is 1. The summed E-state index contributed by atoms with van der Waals surface area (Å²) in [4.78, 5) is 11.8. The highest BCUT2D eigenvalue weighted by molar-refractivity contribution is 5.76. The summed E-state index contributed by atoms with van der Waals surface area (Å²) in [7, 11) is 0. The van der Waals surface area contributed by atoms with Gasteiger partial charge in [0.15, 0.2) is 0 Å². The fourth-order valence-corrected chi connectivity index (χ4v) is 4.05. The third-order valence-corrected chi connectivity index (χ3v) is 4.96. The largest absolute Gasteiger partial charge is 0.481 e. The Bertz CT molecular complexity index is 458. The molecule has 96 valence electrons. The third kappa shape index (κ3) is 1.66. The Kier molecular flexibility index (Phi) is 2.89. The summed E-state index contributed by atoms with van der Waals surface area (Å²) in [6, 6.07) is 8.46. The molecule has 1 aromatic carbocycles. The van der Waals surface area contributed by atoms with Crippen LogP contribution in [0.15, 0.2) is 24.3 Å². The zero-order valence-corrected chi connectivity index (χ0v) is 10.7. The van der Waals surface area contributed by atoms with Crippen LogP contribution < -0.4 is 0 Å². The van der Waals surface area contributed by atoms with Crippen molar-refractivity contribution in [3.05, 3.63) is 35.4 Å². The Morgan fingerprint density at radius 2 is 1.89 bits per heavy atom. The Hall–Kier alpha value is -1.31. The normalized spacial score (nSPS) is 25.7. The first-order chi connectivity index (χ1) is 8.74. The van der Waals surface area contributed by atoms with Gasteiger partial charge >= 0.3 is 5.97 Å². The average Bonchev–Trinajstić information content (AvgIpc) is 2.88. The Balaban J connectivity index is 2.04. The second-order valence-corrected chi connectivity index (χ2v) is 5.81. The summed E-state index contributed by atoms with van der Waals surface area (Å²) in [5.41, 5.74) is 2.21. The van der Waals surface area contributed by atoms with Gasteiger partial charge < -0.3 is 5.11 Å². The molecule has 1 atom stereocenters. The molecule has 2 aliphatic rings. The first-order valence-corrected chi connectivity index (χ1v) is 7.05. The van der Waals surface area contributed by atoms with Gasteiger partial charge in [-0.1, -0.05) is 37.1 Å². The van der Waals surface area contributed by atoms with E-state index in [1.807, 2.05) is 0 Å². The van der Waals surface area contributed by atoms with Crippen LogP contribution in [0.4, 0.5) is 0 Å². The third-order valence-electron chi connectivity index (χ3n) is 4.96. The minimum Gasteiger partial charge on any atom is -0.481 e. The van der Waals surface area contributed by atoms with Crippen molar-refractivity contribution >= 4 is 5.97 Å². The number of aliphatic carboxylic acids is 1. The Morgan fingerprint density at radius 1 is 1.17 bits per heavy atom. The first-order valence-electron chi connectivity index (χ1n) is 7.05. The van der Waals surface area contributed by atoms with Crippen LogP contribution in [-0.4, -0.2) is 11.1 Å². The number of aryl methyl sites for hydroxylation is 1. The summed E-state index contributed by atoms with van der Waals surface area (Å²) in [6.07, 6.45) is 7.17. The van der Waals surface area contributed by atoms with Gasteiger partial charge in [0.25, 0.3) is 0 Å². The topological polar surface area (TPSA) is 37.3 Å². The van der Waals surface area contributed by atoms with Crippen LogP contribution in [0.25, 0.3) is 0 Å². The lowest BCUT2D eigenvalue weighted by molar-refractivity contribution is -0.150. The highest BCUT2D eigenvalue weighted by Crippen LogP contribution is 2.53. The molecule has 0 aliphatic heterocycles. The zero-order valence-electron chi connectivity index (χ0n) is 10.7. The quantitative estimate of drug-likeness (QED) is 0.860. The molecule has 1 unspecified atom stereocenters. The van der Waals surface area contributed by atoms with E-state index < -0.39 is 11.4 Å². The smallest absolute Gasteiger partial charge is 0.310 e. The lowest BCUT2D eigenvalue weighted by Gasteiger charge is -2.37. The van der Waals surface area contributed by atoms with Crippen LogP contribution in [0.1, 0.15) is 55.6 Å². The molecular formula is C16H20O2. The summed E-state index contributed by atoms with van der Waals surface area (Å²) in [5.74, 6) is -0.329. The fraction of sp³-hybridized carbons (Fsp3) is 0.562. The number of fused-ring (bicyclic) bond motifs is 1. The fourth-order valence-electron chi connectivity index (χ4n) is 4.05. The highest BCUT2D eigenvalue weighted by atomic mass is 16.4. The van der Waals surface area contributed by atoms with E-state index in [4.69, 9.17) is 0 Å². The molecule has 3 rings (SSSR count). The van der Waals surface area contributed by atoms with E-state index in [0.29, 0.717) is 0 Å². The SMILES string of the molecule is O=C(O)C1(C2CCCc3ccccc32)CCCC1. The number of rotatable bonds is 2. The van der Waals surface area contributed by atoms with E-state index in [9.17, 15) is 9.90 Å². The predicted octanol–water partition coefficient (Wildman–Crippen LogP) is 3.75. The minimum absolute atomic E-state index is 0.238. The van der Waals surface area contributed by atoms with Crippen molar-refractivity contribution in [1.82, 2.24) is 0 Å². The number of carbonyl (C=O) groups is 1. The van der Waals surface area contributed by atoms with E-state index in [0.717, 1.165) is 44.9 Å². The summed E-state index contributed by atoms with van der Waals surface area (Å²) >= 11 is 0. The van der Waals surface area contributed by atoms with E-state index in [-0.39, 0.29) is 5.92 Å². The van der Waals surface area contributed by atoms with Gasteiger partial charge in [0.2, 0.25) is 0 Å². The molecule has 1 fully saturated rings. The molecule has 0 heterocycles. The van der Waals surface area contributed by atoms with Crippen molar-refractivity contribution in [2.24, 2.45) is 5.41 Å². The van der Waals surface area contributed by atoms with Crippen molar-refractivity contribution in [2.45, 2.75) is 50.9 Å². The van der Waals surface area contributed by atoms with Crippen molar-refractivity contribution in [2.75, 3.05) is 0 Å². The molecule has 2 nitrogen and oxygen atoms in total. The van der Waals surface area contributed by atoms with Gasteiger partial charge in [-0.3, -0.25) is 4.79 Å². The maximum Gasteiger partial charge on any atom is 0.310 e. The maximum atomic E-state index is 11.8. The van der Waals surface area contributed by atoms with E-state index in [1.165, 1.54) is 11.1 Å². The molecule has 0 radical (unpaired) electrons. The molecule has 18 heavy (non-hydrogen) atoms. The summed E-state index contributed by atoms with van der Waals surface area (Å²) < 4.78 is 0. The van der Waals surface area contributed by atoms with Gasteiger partial charge in [0.1, 0.15) is 0 Å². The molecule has 1 aromatic rings. The van der Waals surface area contributed by atoms with Gasteiger partial charge in [-0.05, 0) is 43.2 Å². The molecule has 0 saturated heterocycles. The second kappa shape index (κ2) is 4.42. The molecule has 2 heteroatoms. The molecular weight excluding hydrogens is 224 g/mol. The summed E-state index contributed by atoms with van der Waals surface area (Å²) in [5, 5.41) is 9.74. The highest BCUT2D eigenvalue weighted by Gasteiger charge is 2.49. The monoisotopic (exact) mass is 244 g/mol. The number of carboxylic acids is 1.